The molecule has 0 radical (unpaired) electrons. The zero-order chi connectivity index (χ0) is 3.91. The van der Waals surface area contributed by atoms with Gasteiger partial charge in [-0.25, -0.2) is 0 Å². The minimum Gasteiger partial charge on any atom is -0.376 e. The minimum atomic E-state index is -0.750. The molecule has 0 aromatic heterocycles. The van der Waals surface area contributed by atoms with E-state index in [0.29, 0.717) is 0 Å². The van der Waals surface area contributed by atoms with Gasteiger partial charge in [0.15, 0.2) is 0 Å². The summed E-state index contributed by atoms with van der Waals surface area (Å²) in [6, 6.07) is 0. The molecule has 1 aliphatic rings. The summed E-state index contributed by atoms with van der Waals surface area (Å²) in [6.07, 6.45) is 1.57. The maximum absolute atomic E-state index is 8.41. The zero-order valence-electron chi connectivity index (χ0n) is 3.35. The van der Waals surface area contributed by atoms with E-state index >= 15 is 0 Å². The van der Waals surface area contributed by atoms with E-state index < -0.39 is 5.72 Å². The molecule has 38 valence electrons. The molecule has 2 nitrogen and oxygen atoms in total. The largest absolute Gasteiger partial charge is 0.376 e. The van der Waals surface area contributed by atoms with Gasteiger partial charge in [-0.2, -0.15) is 0 Å². The maximum Gasteiger partial charge on any atom is 0.113 e. The van der Waals surface area contributed by atoms with Gasteiger partial charge in [-0.05, 0) is 12.8 Å². The van der Waals surface area contributed by atoms with E-state index in [4.69, 9.17) is 10.8 Å². The molecule has 1 saturated carbocycles. The first-order chi connectivity index (χ1) is 2.21. The number of aliphatic hydroxyl groups is 1. The summed E-state index contributed by atoms with van der Waals surface area (Å²) in [5.41, 5.74) is 4.27. The number of rotatable bonds is 0. The highest BCUT2D eigenvalue weighted by atomic mass is 35.5. The average molecular weight is 110 g/mol. The van der Waals surface area contributed by atoms with Crippen molar-refractivity contribution in [2.45, 2.75) is 18.6 Å². The van der Waals surface area contributed by atoms with Gasteiger partial charge in [0.05, 0.1) is 0 Å². The van der Waals surface area contributed by atoms with Crippen molar-refractivity contribution in [2.75, 3.05) is 0 Å². The summed E-state index contributed by atoms with van der Waals surface area (Å²) in [4.78, 5) is 0. The number of halogens is 1. The fraction of sp³-hybridized carbons (Fsp3) is 1.00. The van der Waals surface area contributed by atoms with Crippen molar-refractivity contribution in [3.8, 4) is 0 Å². The number of nitrogens with two attached hydrogens (primary N) is 1. The van der Waals surface area contributed by atoms with Gasteiger partial charge in [-0.1, -0.05) is 0 Å². The molecule has 0 amide bonds. The molecule has 0 aromatic rings. The molecular weight excluding hydrogens is 101 g/mol. The summed E-state index contributed by atoms with van der Waals surface area (Å²) >= 11 is 0. The summed E-state index contributed by atoms with van der Waals surface area (Å²) in [5, 5.41) is 8.41. The second-order valence-electron chi connectivity index (χ2n) is 1.60. The van der Waals surface area contributed by atoms with Crippen LogP contribution in [0, 0.1) is 0 Å². The molecule has 0 atom stereocenters. The van der Waals surface area contributed by atoms with Gasteiger partial charge in [0.1, 0.15) is 5.72 Å². The Labute approximate surface area is 42.8 Å². The number of hydrogen-bond acceptors (Lipinski definition) is 2. The van der Waals surface area contributed by atoms with Gasteiger partial charge in [0, 0.05) is 0 Å². The lowest BCUT2D eigenvalue weighted by atomic mass is 10.7. The predicted octanol–water partition coefficient (Wildman–Crippen LogP) is -0.151. The molecule has 0 heterocycles. The topological polar surface area (TPSA) is 46.2 Å². The van der Waals surface area contributed by atoms with Gasteiger partial charge in [0.25, 0.3) is 0 Å². The highest BCUT2D eigenvalue weighted by Gasteiger charge is 2.34. The van der Waals surface area contributed by atoms with Crippen LogP contribution in [0.2, 0.25) is 0 Å². The fourth-order valence-electron chi connectivity index (χ4n) is 0.128. The van der Waals surface area contributed by atoms with E-state index in [9.17, 15) is 0 Å². The SMILES string of the molecule is Cl.NC1(O)CC1. The molecule has 0 spiro atoms. The lowest BCUT2D eigenvalue weighted by Crippen LogP contribution is -2.19. The molecule has 6 heavy (non-hydrogen) atoms. The van der Waals surface area contributed by atoms with E-state index in [1.807, 2.05) is 0 Å². The number of hydrogen-bond donors (Lipinski definition) is 2. The van der Waals surface area contributed by atoms with Gasteiger partial charge in [-0.3, -0.25) is 0 Å². The molecule has 0 aromatic carbocycles. The predicted molar refractivity (Wildman–Crippen MR) is 25.6 cm³/mol. The van der Waals surface area contributed by atoms with E-state index in [1.165, 1.54) is 0 Å². The van der Waals surface area contributed by atoms with Crippen molar-refractivity contribution >= 4 is 12.4 Å². The molecule has 3 N–H and O–H groups in total. The van der Waals surface area contributed by atoms with Gasteiger partial charge in [0.2, 0.25) is 0 Å². The Morgan fingerprint density at radius 2 is 1.67 bits per heavy atom. The van der Waals surface area contributed by atoms with E-state index in [0.717, 1.165) is 12.8 Å². The molecule has 0 saturated heterocycles. The second-order valence-corrected chi connectivity index (χ2v) is 1.60. The third kappa shape index (κ3) is 1.60. The lowest BCUT2D eigenvalue weighted by Gasteiger charge is -1.88. The van der Waals surface area contributed by atoms with E-state index in [-0.39, 0.29) is 12.4 Å². The van der Waals surface area contributed by atoms with Crippen LogP contribution in [0.15, 0.2) is 0 Å². The molecule has 0 bridgehead atoms. The summed E-state index contributed by atoms with van der Waals surface area (Å²) in [7, 11) is 0. The third-order valence-electron chi connectivity index (χ3n) is 0.762. The van der Waals surface area contributed by atoms with Gasteiger partial charge < -0.3 is 10.8 Å². The molecule has 1 aliphatic carbocycles. The van der Waals surface area contributed by atoms with Crippen molar-refractivity contribution in [1.82, 2.24) is 0 Å². The normalized spacial score (nSPS) is 25.0. The molecule has 1 rings (SSSR count). The first kappa shape index (κ1) is 6.21. The molecule has 0 aliphatic heterocycles. The van der Waals surface area contributed by atoms with Crippen LogP contribution in [0.1, 0.15) is 12.8 Å². The Bertz CT molecular complexity index is 48.8. The first-order valence-corrected chi connectivity index (χ1v) is 1.72. The van der Waals surface area contributed by atoms with Crippen LogP contribution >= 0.6 is 12.4 Å². The molecule has 0 unspecified atom stereocenters. The highest BCUT2D eigenvalue weighted by molar-refractivity contribution is 5.85. The lowest BCUT2D eigenvalue weighted by molar-refractivity contribution is 0.158. The average Bonchev–Trinajstić information content (AvgIpc) is 1.76. The van der Waals surface area contributed by atoms with Crippen LogP contribution in [0.4, 0.5) is 0 Å². The highest BCUT2D eigenvalue weighted by Crippen LogP contribution is 2.27. The quantitative estimate of drug-likeness (QED) is 0.425. The third-order valence-corrected chi connectivity index (χ3v) is 0.762. The van der Waals surface area contributed by atoms with Crippen LogP contribution in [0.3, 0.4) is 0 Å². The standard InChI is InChI=1S/C3H7NO.ClH/c4-3(5)1-2-3;/h5H,1-2,4H2;1H. The molecular formula is C3H8ClNO. The van der Waals surface area contributed by atoms with Crippen molar-refractivity contribution in [3.63, 3.8) is 0 Å². The van der Waals surface area contributed by atoms with Crippen molar-refractivity contribution in [1.29, 1.82) is 0 Å². The Morgan fingerprint density at radius 3 is 1.67 bits per heavy atom. The Morgan fingerprint density at radius 1 is 1.50 bits per heavy atom. The van der Waals surface area contributed by atoms with Gasteiger partial charge >= 0.3 is 0 Å². The zero-order valence-corrected chi connectivity index (χ0v) is 4.16. The van der Waals surface area contributed by atoms with Crippen molar-refractivity contribution in [2.24, 2.45) is 5.73 Å². The minimum absolute atomic E-state index is 0. The first-order valence-electron chi connectivity index (χ1n) is 1.72. The maximum atomic E-state index is 8.41. The second kappa shape index (κ2) is 1.37. The summed E-state index contributed by atoms with van der Waals surface area (Å²) in [5.74, 6) is 0. The van der Waals surface area contributed by atoms with Crippen molar-refractivity contribution < 1.29 is 5.11 Å². The summed E-state index contributed by atoms with van der Waals surface area (Å²) < 4.78 is 0. The Balaban J connectivity index is 0.000000250. The Hall–Kier alpha value is 0.210. The molecule has 1 fully saturated rings. The van der Waals surface area contributed by atoms with Crippen LogP contribution in [0.25, 0.3) is 0 Å². The van der Waals surface area contributed by atoms with E-state index in [2.05, 4.69) is 0 Å². The van der Waals surface area contributed by atoms with Crippen LogP contribution in [0.5, 0.6) is 0 Å². The van der Waals surface area contributed by atoms with Crippen LogP contribution in [-0.2, 0) is 0 Å². The van der Waals surface area contributed by atoms with Crippen LogP contribution < -0.4 is 5.73 Å². The molecule has 3 heteroatoms. The van der Waals surface area contributed by atoms with Crippen molar-refractivity contribution in [3.05, 3.63) is 0 Å². The van der Waals surface area contributed by atoms with E-state index in [1.54, 1.807) is 0 Å². The fourth-order valence-corrected chi connectivity index (χ4v) is 0.128. The monoisotopic (exact) mass is 109 g/mol. The van der Waals surface area contributed by atoms with Crippen LogP contribution in [-0.4, -0.2) is 10.8 Å². The Kier molecular flexibility index (Phi) is 1.42. The smallest absolute Gasteiger partial charge is 0.113 e. The van der Waals surface area contributed by atoms with Gasteiger partial charge in [-0.15, -0.1) is 12.4 Å². The summed E-state index contributed by atoms with van der Waals surface area (Å²) in [6.45, 7) is 0.